The predicted molar refractivity (Wildman–Crippen MR) is 134 cm³/mol. The Bertz CT molecular complexity index is 1250. The fourth-order valence-corrected chi connectivity index (χ4v) is 5.09. The van der Waals surface area contributed by atoms with E-state index in [0.717, 1.165) is 42.8 Å². The van der Waals surface area contributed by atoms with Crippen LogP contribution in [0.5, 0.6) is 5.75 Å². The average Bonchev–Trinajstić information content (AvgIpc) is 3.15. The van der Waals surface area contributed by atoms with E-state index in [9.17, 15) is 9.18 Å². The third-order valence-corrected chi connectivity index (χ3v) is 6.77. The highest BCUT2D eigenvalue weighted by molar-refractivity contribution is 6.30. The zero-order valence-electron chi connectivity index (χ0n) is 20.7. The van der Waals surface area contributed by atoms with Crippen molar-refractivity contribution in [3.05, 3.63) is 70.5 Å². The summed E-state index contributed by atoms with van der Waals surface area (Å²) in [4.78, 5) is 14.6. The lowest BCUT2D eigenvalue weighted by Gasteiger charge is -2.29. The van der Waals surface area contributed by atoms with Crippen molar-refractivity contribution in [1.29, 1.82) is 0 Å². The Kier molecular flexibility index (Phi) is 6.64. The summed E-state index contributed by atoms with van der Waals surface area (Å²) in [6.45, 7) is 6.21. The summed E-state index contributed by atoms with van der Waals surface area (Å²) < 4.78 is 27.0. The molecule has 2 aliphatic rings. The molecule has 0 atom stereocenters. The van der Waals surface area contributed by atoms with E-state index in [-0.39, 0.29) is 24.4 Å². The summed E-state index contributed by atoms with van der Waals surface area (Å²) in [5, 5.41) is 9.70. The van der Waals surface area contributed by atoms with Crippen LogP contribution in [0.25, 0.3) is 5.69 Å². The van der Waals surface area contributed by atoms with E-state index in [1.165, 1.54) is 12.1 Å². The molecule has 190 valence electrons. The Hall–Kier alpha value is -3.13. The maximum atomic E-state index is 13.2. The normalized spacial score (nSPS) is 19.8. The van der Waals surface area contributed by atoms with Gasteiger partial charge in [-0.25, -0.2) is 9.18 Å². The number of hydrogen-bond acceptors (Lipinski definition) is 5. The zero-order valence-corrected chi connectivity index (χ0v) is 21.5. The second-order valence-electron chi connectivity index (χ2n) is 10.5. The standard InChI is InChI=1S/C27H30ClFN4O3/c1-27(2,3)36-26(34)32-15-18-14-19(28)6-13-23(18)33-24(16-32)30-31-25(33)17-4-9-21(10-5-17)35-22-11-7-20(29)8-12-22/h6-8,11-14,17,21H,4-5,9-10,15-16H2,1-3H3. The Morgan fingerprint density at radius 2 is 1.75 bits per heavy atom. The van der Waals surface area contributed by atoms with Gasteiger partial charge in [-0.1, -0.05) is 11.6 Å². The minimum Gasteiger partial charge on any atom is -0.490 e. The van der Waals surface area contributed by atoms with E-state index in [4.69, 9.17) is 21.1 Å². The highest BCUT2D eigenvalue weighted by Crippen LogP contribution is 2.37. The molecular formula is C27H30ClFN4O3. The van der Waals surface area contributed by atoms with Crippen molar-refractivity contribution in [2.24, 2.45) is 0 Å². The number of halogens is 2. The summed E-state index contributed by atoms with van der Waals surface area (Å²) in [6.07, 6.45) is 3.19. The van der Waals surface area contributed by atoms with Gasteiger partial charge in [0, 0.05) is 10.9 Å². The van der Waals surface area contributed by atoms with Crippen molar-refractivity contribution in [1.82, 2.24) is 19.7 Å². The lowest BCUT2D eigenvalue weighted by atomic mass is 9.86. The number of ether oxygens (including phenoxy) is 2. The Morgan fingerprint density at radius 1 is 1.03 bits per heavy atom. The van der Waals surface area contributed by atoms with Gasteiger partial charge in [0.2, 0.25) is 0 Å². The second-order valence-corrected chi connectivity index (χ2v) is 10.9. The molecule has 9 heteroatoms. The molecule has 2 heterocycles. The summed E-state index contributed by atoms with van der Waals surface area (Å²) in [5.74, 6) is 2.20. The van der Waals surface area contributed by atoms with Crippen LogP contribution in [0.4, 0.5) is 9.18 Å². The molecule has 2 aromatic carbocycles. The quantitative estimate of drug-likeness (QED) is 0.405. The molecule has 7 nitrogen and oxygen atoms in total. The van der Waals surface area contributed by atoms with Crippen molar-refractivity contribution in [3.8, 4) is 11.4 Å². The highest BCUT2D eigenvalue weighted by Gasteiger charge is 2.33. The van der Waals surface area contributed by atoms with Gasteiger partial charge >= 0.3 is 6.09 Å². The van der Waals surface area contributed by atoms with E-state index in [1.807, 2.05) is 39.0 Å². The summed E-state index contributed by atoms with van der Waals surface area (Å²) in [6, 6.07) is 11.9. The summed E-state index contributed by atoms with van der Waals surface area (Å²) in [7, 11) is 0. The highest BCUT2D eigenvalue weighted by atomic mass is 35.5. The predicted octanol–water partition coefficient (Wildman–Crippen LogP) is 6.42. The number of rotatable bonds is 3. The van der Waals surface area contributed by atoms with E-state index < -0.39 is 11.7 Å². The van der Waals surface area contributed by atoms with Crippen LogP contribution in [0.15, 0.2) is 42.5 Å². The SMILES string of the molecule is CC(C)(C)OC(=O)N1Cc2cc(Cl)ccc2-n2c(nnc2C2CCC(Oc3ccc(F)cc3)CC2)C1. The molecule has 5 rings (SSSR count). The first-order valence-electron chi connectivity index (χ1n) is 12.3. The lowest BCUT2D eigenvalue weighted by molar-refractivity contribution is 0.0214. The largest absolute Gasteiger partial charge is 0.490 e. The van der Waals surface area contributed by atoms with Gasteiger partial charge < -0.3 is 9.47 Å². The van der Waals surface area contributed by atoms with Gasteiger partial charge in [-0.15, -0.1) is 10.2 Å². The molecule has 1 amide bonds. The third kappa shape index (κ3) is 5.33. The molecule has 0 bridgehead atoms. The molecular weight excluding hydrogens is 483 g/mol. The number of carbonyl (C=O) groups is 1. The first-order valence-corrected chi connectivity index (χ1v) is 12.7. The van der Waals surface area contributed by atoms with E-state index in [0.29, 0.717) is 23.1 Å². The van der Waals surface area contributed by atoms with Crippen LogP contribution in [0.1, 0.15) is 69.6 Å². The van der Waals surface area contributed by atoms with Gasteiger partial charge in [-0.05, 0) is 94.5 Å². The molecule has 0 N–H and O–H groups in total. The second kappa shape index (κ2) is 9.73. The van der Waals surface area contributed by atoms with E-state index in [2.05, 4.69) is 14.8 Å². The maximum absolute atomic E-state index is 13.2. The van der Waals surface area contributed by atoms with Crippen molar-refractivity contribution >= 4 is 17.7 Å². The van der Waals surface area contributed by atoms with Crippen LogP contribution in [-0.2, 0) is 17.8 Å². The number of nitrogens with zero attached hydrogens (tertiary/aromatic N) is 4. The number of fused-ring (bicyclic) bond motifs is 3. The Morgan fingerprint density at radius 3 is 2.44 bits per heavy atom. The topological polar surface area (TPSA) is 69.5 Å². The van der Waals surface area contributed by atoms with Crippen molar-refractivity contribution in [3.63, 3.8) is 0 Å². The van der Waals surface area contributed by atoms with Gasteiger partial charge in [0.15, 0.2) is 5.82 Å². The van der Waals surface area contributed by atoms with Crippen LogP contribution in [0.3, 0.4) is 0 Å². The molecule has 1 saturated carbocycles. The van der Waals surface area contributed by atoms with Crippen LogP contribution < -0.4 is 4.74 Å². The summed E-state index contributed by atoms with van der Waals surface area (Å²) >= 11 is 6.33. The molecule has 1 aliphatic carbocycles. The molecule has 0 saturated heterocycles. The molecule has 0 spiro atoms. The smallest absolute Gasteiger partial charge is 0.411 e. The zero-order chi connectivity index (χ0) is 25.4. The third-order valence-electron chi connectivity index (χ3n) is 6.54. The number of carbonyl (C=O) groups excluding carboxylic acids is 1. The average molecular weight is 513 g/mol. The van der Waals surface area contributed by atoms with Gasteiger partial charge in [0.05, 0.1) is 24.9 Å². The number of aromatic nitrogens is 3. The van der Waals surface area contributed by atoms with Crippen LogP contribution >= 0.6 is 11.6 Å². The molecule has 1 aromatic heterocycles. The van der Waals surface area contributed by atoms with Crippen molar-refractivity contribution in [2.75, 3.05) is 0 Å². The van der Waals surface area contributed by atoms with Gasteiger partial charge in [-0.3, -0.25) is 9.47 Å². The van der Waals surface area contributed by atoms with Gasteiger partial charge in [-0.2, -0.15) is 0 Å². The van der Waals surface area contributed by atoms with E-state index in [1.54, 1.807) is 17.0 Å². The number of benzene rings is 2. The van der Waals surface area contributed by atoms with Crippen molar-refractivity contribution in [2.45, 2.75) is 77.2 Å². The minimum atomic E-state index is -0.603. The van der Waals surface area contributed by atoms with Crippen LogP contribution in [0.2, 0.25) is 5.02 Å². The molecule has 1 aliphatic heterocycles. The van der Waals surface area contributed by atoms with Crippen LogP contribution in [-0.4, -0.2) is 37.5 Å². The summed E-state index contributed by atoms with van der Waals surface area (Å²) in [5.41, 5.74) is 1.25. The lowest BCUT2D eigenvalue weighted by Crippen LogP contribution is -2.35. The van der Waals surface area contributed by atoms with Gasteiger partial charge in [0.25, 0.3) is 0 Å². The van der Waals surface area contributed by atoms with E-state index >= 15 is 0 Å². The number of hydrogen-bond donors (Lipinski definition) is 0. The fraction of sp³-hybridized carbons (Fsp3) is 0.444. The molecule has 36 heavy (non-hydrogen) atoms. The molecule has 1 fully saturated rings. The Balaban J connectivity index is 1.38. The first kappa shape index (κ1) is 24.6. The van der Waals surface area contributed by atoms with Gasteiger partial charge in [0.1, 0.15) is 23.0 Å². The number of amides is 1. The first-order chi connectivity index (χ1) is 17.2. The maximum Gasteiger partial charge on any atom is 0.411 e. The monoisotopic (exact) mass is 512 g/mol. The molecule has 0 unspecified atom stereocenters. The fourth-order valence-electron chi connectivity index (χ4n) is 4.89. The van der Waals surface area contributed by atoms with Crippen LogP contribution in [0, 0.1) is 5.82 Å². The molecule has 3 aromatic rings. The Labute approximate surface area is 215 Å². The minimum absolute atomic E-state index is 0.0759. The van der Waals surface area contributed by atoms with Crippen molar-refractivity contribution < 1.29 is 18.7 Å². The molecule has 0 radical (unpaired) electrons.